The number of hydrogen-bond donors (Lipinski definition) is 1. The minimum atomic E-state index is -0.615. The first kappa shape index (κ1) is 22.0. The summed E-state index contributed by atoms with van der Waals surface area (Å²) in [4.78, 5) is 32.4. The fraction of sp³-hybridized carbons (Fsp3) is 0.316. The summed E-state index contributed by atoms with van der Waals surface area (Å²) >= 11 is 0. The van der Waals surface area contributed by atoms with Crippen molar-refractivity contribution in [3.05, 3.63) is 46.3 Å². The summed E-state index contributed by atoms with van der Waals surface area (Å²) in [5, 5.41) is 32.3. The number of nitrogens with zero attached hydrogens (tertiary/aromatic N) is 6. The number of nitriles is 2. The Morgan fingerprint density at radius 3 is 2.37 bits per heavy atom. The number of rotatable bonds is 10. The molecule has 0 aliphatic heterocycles. The van der Waals surface area contributed by atoms with Gasteiger partial charge < -0.3 is 15.0 Å². The number of anilines is 3. The van der Waals surface area contributed by atoms with Crippen molar-refractivity contribution in [2.75, 3.05) is 29.9 Å². The summed E-state index contributed by atoms with van der Waals surface area (Å²) in [6, 6.07) is 10.2. The highest BCUT2D eigenvalue weighted by atomic mass is 16.6. The summed E-state index contributed by atoms with van der Waals surface area (Å²) in [7, 11) is 0. The molecule has 0 saturated heterocycles. The van der Waals surface area contributed by atoms with Crippen molar-refractivity contribution in [2.45, 2.75) is 19.8 Å². The molecule has 0 fully saturated rings. The largest absolute Gasteiger partial charge is 0.462 e. The van der Waals surface area contributed by atoms with Crippen LogP contribution in [0.25, 0.3) is 0 Å². The molecule has 0 amide bonds. The molecule has 2 rings (SSSR count). The highest BCUT2D eigenvalue weighted by Crippen LogP contribution is 2.33. The average Bonchev–Trinajstić information content (AvgIpc) is 2.74. The molecule has 30 heavy (non-hydrogen) atoms. The van der Waals surface area contributed by atoms with Gasteiger partial charge in [-0.25, -0.2) is 14.8 Å². The molecule has 1 heterocycles. The molecule has 0 radical (unpaired) electrons. The predicted octanol–water partition coefficient (Wildman–Crippen LogP) is 2.94. The van der Waals surface area contributed by atoms with Gasteiger partial charge in [-0.1, -0.05) is 0 Å². The van der Waals surface area contributed by atoms with Crippen molar-refractivity contribution in [2.24, 2.45) is 0 Å². The molecule has 11 nitrogen and oxygen atoms in total. The number of carbonyl (C=O) groups is 1. The topological polar surface area (TPSA) is 158 Å². The van der Waals surface area contributed by atoms with Crippen molar-refractivity contribution >= 4 is 29.0 Å². The summed E-state index contributed by atoms with van der Waals surface area (Å²) in [6.07, 6.45) is 1.40. The Kier molecular flexibility index (Phi) is 8.03. The van der Waals surface area contributed by atoms with Gasteiger partial charge in [0.2, 0.25) is 11.6 Å². The third kappa shape index (κ3) is 5.62. The maximum atomic E-state index is 11.8. The lowest BCUT2D eigenvalue weighted by molar-refractivity contribution is -0.383. The normalized spacial score (nSPS) is 9.83. The number of esters is 1. The van der Waals surface area contributed by atoms with Gasteiger partial charge in [0.1, 0.15) is 6.33 Å². The Hall–Kier alpha value is -4.25. The monoisotopic (exact) mass is 409 g/mol. The minimum Gasteiger partial charge on any atom is -0.462 e. The van der Waals surface area contributed by atoms with Crippen LogP contribution in [0.4, 0.5) is 23.0 Å². The van der Waals surface area contributed by atoms with Crippen LogP contribution < -0.4 is 10.2 Å². The van der Waals surface area contributed by atoms with Gasteiger partial charge in [-0.05, 0) is 31.2 Å². The Balaban J connectivity index is 2.35. The molecule has 1 aromatic heterocycles. The van der Waals surface area contributed by atoms with Gasteiger partial charge in [0.05, 0.1) is 42.1 Å². The Labute approximate surface area is 172 Å². The molecule has 11 heteroatoms. The van der Waals surface area contributed by atoms with Crippen LogP contribution in [0.2, 0.25) is 0 Å². The van der Waals surface area contributed by atoms with Crippen LogP contribution in [0.5, 0.6) is 0 Å². The molecule has 2 aromatic rings. The average molecular weight is 409 g/mol. The Bertz CT molecular complexity index is 962. The second-order valence-corrected chi connectivity index (χ2v) is 5.88. The number of hydrogen-bond acceptors (Lipinski definition) is 10. The molecule has 154 valence electrons. The summed E-state index contributed by atoms with van der Waals surface area (Å²) in [5.74, 6) is -0.496. The van der Waals surface area contributed by atoms with E-state index in [1.807, 2.05) is 12.1 Å². The van der Waals surface area contributed by atoms with Gasteiger partial charge in [0, 0.05) is 18.8 Å². The van der Waals surface area contributed by atoms with Crippen LogP contribution in [-0.4, -0.2) is 40.6 Å². The first-order valence-corrected chi connectivity index (χ1v) is 9.04. The summed E-state index contributed by atoms with van der Waals surface area (Å²) < 4.78 is 4.92. The van der Waals surface area contributed by atoms with Crippen LogP contribution in [0.3, 0.4) is 0 Å². The van der Waals surface area contributed by atoms with Crippen molar-refractivity contribution in [3.63, 3.8) is 0 Å². The van der Waals surface area contributed by atoms with Gasteiger partial charge in [0.15, 0.2) is 0 Å². The predicted molar refractivity (Wildman–Crippen MR) is 107 cm³/mol. The summed E-state index contributed by atoms with van der Waals surface area (Å²) in [6.45, 7) is 2.33. The quantitative estimate of drug-likeness (QED) is 0.351. The number of carbonyl (C=O) groups excluding carboxylic acids is 1. The maximum Gasteiger partial charge on any atom is 0.353 e. The minimum absolute atomic E-state index is 0.0196. The standard InChI is InChI=1S/C19H19N7O4/c1-2-30-19(27)14-5-7-15(8-6-14)24-17-16(26(28)29)18(23-13-22-17)25(11-3-9-20)12-4-10-21/h5-8,13H,2-4,11-12H2,1H3,(H,22,23,24). The van der Waals surface area contributed by atoms with E-state index in [0.717, 1.165) is 0 Å². The first-order valence-electron chi connectivity index (χ1n) is 9.04. The zero-order chi connectivity index (χ0) is 21.9. The molecule has 0 atom stereocenters. The van der Waals surface area contributed by atoms with Gasteiger partial charge >= 0.3 is 11.7 Å². The molecule has 0 aliphatic carbocycles. The maximum absolute atomic E-state index is 11.8. The van der Waals surface area contributed by atoms with E-state index >= 15 is 0 Å². The molecule has 0 saturated carbocycles. The van der Waals surface area contributed by atoms with Gasteiger partial charge in [0.25, 0.3) is 0 Å². The lowest BCUT2D eigenvalue weighted by atomic mass is 10.2. The molecule has 0 spiro atoms. The third-order valence-electron chi connectivity index (χ3n) is 3.93. The van der Waals surface area contributed by atoms with Crippen molar-refractivity contribution < 1.29 is 14.5 Å². The van der Waals surface area contributed by atoms with Crippen LogP contribution in [0.15, 0.2) is 30.6 Å². The second-order valence-electron chi connectivity index (χ2n) is 5.88. The van der Waals surface area contributed by atoms with Crippen molar-refractivity contribution in [3.8, 4) is 12.1 Å². The third-order valence-corrected chi connectivity index (χ3v) is 3.93. The van der Waals surface area contributed by atoms with E-state index in [2.05, 4.69) is 15.3 Å². The molecular weight excluding hydrogens is 390 g/mol. The zero-order valence-electron chi connectivity index (χ0n) is 16.2. The fourth-order valence-electron chi connectivity index (χ4n) is 2.59. The Morgan fingerprint density at radius 1 is 1.20 bits per heavy atom. The van der Waals surface area contributed by atoms with E-state index in [-0.39, 0.29) is 49.9 Å². The second kappa shape index (κ2) is 10.9. The molecule has 1 N–H and O–H groups in total. The fourth-order valence-corrected chi connectivity index (χ4v) is 2.59. The van der Waals surface area contributed by atoms with Gasteiger partial charge in [-0.15, -0.1) is 0 Å². The van der Waals surface area contributed by atoms with E-state index in [9.17, 15) is 14.9 Å². The van der Waals surface area contributed by atoms with E-state index in [0.29, 0.717) is 11.3 Å². The SMILES string of the molecule is CCOC(=O)c1ccc(Nc2ncnc(N(CCC#N)CCC#N)c2[N+](=O)[O-])cc1. The number of nitro groups is 1. The van der Waals surface area contributed by atoms with E-state index in [1.54, 1.807) is 19.1 Å². The van der Waals surface area contributed by atoms with Crippen LogP contribution >= 0.6 is 0 Å². The molecule has 1 aromatic carbocycles. The van der Waals surface area contributed by atoms with E-state index < -0.39 is 10.9 Å². The summed E-state index contributed by atoms with van der Waals surface area (Å²) in [5.41, 5.74) is 0.443. The lowest BCUT2D eigenvalue weighted by Crippen LogP contribution is -2.27. The number of aromatic nitrogens is 2. The van der Waals surface area contributed by atoms with Crippen LogP contribution in [0, 0.1) is 32.8 Å². The zero-order valence-corrected chi connectivity index (χ0v) is 16.2. The Morgan fingerprint density at radius 2 is 1.83 bits per heavy atom. The molecule has 0 aliphatic rings. The molecule has 0 bridgehead atoms. The molecule has 0 unspecified atom stereocenters. The van der Waals surface area contributed by atoms with Crippen molar-refractivity contribution in [1.82, 2.24) is 9.97 Å². The highest BCUT2D eigenvalue weighted by molar-refractivity contribution is 5.90. The van der Waals surface area contributed by atoms with Crippen LogP contribution in [-0.2, 0) is 4.74 Å². The number of nitrogens with one attached hydrogen (secondary N) is 1. The smallest absolute Gasteiger partial charge is 0.353 e. The van der Waals surface area contributed by atoms with Crippen molar-refractivity contribution in [1.29, 1.82) is 10.5 Å². The van der Waals surface area contributed by atoms with Gasteiger partial charge in [-0.3, -0.25) is 10.1 Å². The highest BCUT2D eigenvalue weighted by Gasteiger charge is 2.27. The molecular formula is C19H19N7O4. The van der Waals surface area contributed by atoms with E-state index in [1.165, 1.54) is 23.4 Å². The number of ether oxygens (including phenoxy) is 1. The van der Waals surface area contributed by atoms with E-state index in [4.69, 9.17) is 15.3 Å². The lowest BCUT2D eigenvalue weighted by Gasteiger charge is -2.21. The first-order chi connectivity index (χ1) is 14.5. The van der Waals surface area contributed by atoms with Crippen LogP contribution in [0.1, 0.15) is 30.1 Å². The number of benzene rings is 1. The van der Waals surface area contributed by atoms with Gasteiger partial charge in [-0.2, -0.15) is 10.5 Å².